The van der Waals surface area contributed by atoms with E-state index in [4.69, 9.17) is 0 Å². The lowest BCUT2D eigenvalue weighted by molar-refractivity contribution is -0.187. The Labute approximate surface area is 256 Å². The first kappa shape index (κ1) is 30.2. The second-order valence-corrected chi connectivity index (χ2v) is 13.8. The predicted octanol–water partition coefficient (Wildman–Crippen LogP) is 5.97. The first-order valence-electron chi connectivity index (χ1n) is 15.1. The Morgan fingerprint density at radius 1 is 1.02 bits per heavy atom. The molecule has 3 fully saturated rings. The molecule has 240 valence electrons. The topological polar surface area (TPSA) is 66.3 Å². The molecule has 7 rings (SSSR count). The van der Waals surface area contributed by atoms with Gasteiger partial charge >= 0.3 is 12.4 Å². The van der Waals surface area contributed by atoms with Gasteiger partial charge in [-0.25, -0.2) is 0 Å². The van der Waals surface area contributed by atoms with E-state index in [9.17, 15) is 31.1 Å². The summed E-state index contributed by atoms with van der Waals surface area (Å²) < 4.78 is 83.6. The zero-order valence-corrected chi connectivity index (χ0v) is 25.0. The minimum absolute atomic E-state index is 0.0404. The summed E-state index contributed by atoms with van der Waals surface area (Å²) in [7, 11) is 1.81. The van der Waals surface area contributed by atoms with Crippen LogP contribution in [0.1, 0.15) is 77.5 Å². The number of carbonyl (C=O) groups is 1. The summed E-state index contributed by atoms with van der Waals surface area (Å²) in [6.07, 6.45) is -3.25. The van der Waals surface area contributed by atoms with Gasteiger partial charge in [0.05, 0.1) is 24.1 Å². The highest BCUT2D eigenvalue weighted by Gasteiger charge is 2.63. The highest BCUT2D eigenvalue weighted by Crippen LogP contribution is 2.62. The SMILES string of the molecule is Cn1cnnc1C1(c2cccc(N3Cc4c(cc(CNC5(C)CCC5)cc4C(F)(F)F)C3=O)c2)CC2(CN(CC(F)(F)F)C2)C1. The lowest BCUT2D eigenvalue weighted by atomic mass is 9.47. The van der Waals surface area contributed by atoms with Crippen LogP contribution in [0.2, 0.25) is 0 Å². The average molecular weight is 633 g/mol. The molecule has 2 aliphatic heterocycles. The van der Waals surface area contributed by atoms with Crippen LogP contribution < -0.4 is 10.2 Å². The van der Waals surface area contributed by atoms with Gasteiger partial charge in [-0.05, 0) is 85.4 Å². The van der Waals surface area contributed by atoms with Gasteiger partial charge in [-0.1, -0.05) is 12.1 Å². The Kier molecular flexibility index (Phi) is 6.73. The third kappa shape index (κ3) is 5.21. The summed E-state index contributed by atoms with van der Waals surface area (Å²) in [6, 6.07) is 9.89. The van der Waals surface area contributed by atoms with Crippen molar-refractivity contribution in [1.29, 1.82) is 0 Å². The van der Waals surface area contributed by atoms with E-state index in [-0.39, 0.29) is 35.2 Å². The van der Waals surface area contributed by atoms with Crippen LogP contribution in [0.4, 0.5) is 32.0 Å². The van der Waals surface area contributed by atoms with Gasteiger partial charge in [0.2, 0.25) is 0 Å². The van der Waals surface area contributed by atoms with Gasteiger partial charge in [0.1, 0.15) is 12.2 Å². The molecule has 2 aromatic carbocycles. The van der Waals surface area contributed by atoms with E-state index in [2.05, 4.69) is 22.4 Å². The molecule has 0 atom stereocenters. The minimum atomic E-state index is -4.63. The van der Waals surface area contributed by atoms with Crippen LogP contribution in [0.5, 0.6) is 0 Å². The zero-order valence-electron chi connectivity index (χ0n) is 25.0. The standard InChI is InChI=1S/C32H34F6N6O/c1-28(7-4-8-28)39-12-20-9-23-24(25(10-20)32(36,37)38)13-44(26(23)45)22-6-3-5-21(11-22)30(27-41-40-19-42(27)2)14-29(15-30)16-43(17-29)18-31(33,34)35/h3,5-6,9-11,19,39H,4,7-8,12-18H2,1-2H3. The molecule has 2 saturated carbocycles. The number of nitrogens with one attached hydrogen (secondary N) is 1. The quantitative estimate of drug-likeness (QED) is 0.326. The number of rotatable bonds is 7. The van der Waals surface area contributed by atoms with Crippen molar-refractivity contribution in [2.24, 2.45) is 12.5 Å². The van der Waals surface area contributed by atoms with E-state index in [1.807, 2.05) is 12.1 Å². The fourth-order valence-electron chi connectivity index (χ4n) is 8.13. The van der Waals surface area contributed by atoms with Gasteiger partial charge in [-0.15, -0.1) is 10.2 Å². The maximum atomic E-state index is 14.3. The lowest BCUT2D eigenvalue weighted by Gasteiger charge is -2.64. The van der Waals surface area contributed by atoms with Crippen molar-refractivity contribution in [2.45, 2.75) is 75.4 Å². The Morgan fingerprint density at radius 3 is 2.36 bits per heavy atom. The van der Waals surface area contributed by atoms with Crippen molar-refractivity contribution < 1.29 is 31.1 Å². The van der Waals surface area contributed by atoms with E-state index in [1.165, 1.54) is 9.80 Å². The number of fused-ring (bicyclic) bond motifs is 1. The molecule has 13 heteroatoms. The van der Waals surface area contributed by atoms with Crippen LogP contribution in [0.15, 0.2) is 42.7 Å². The maximum absolute atomic E-state index is 14.3. The lowest BCUT2D eigenvalue weighted by Crippen LogP contribution is -2.68. The third-order valence-electron chi connectivity index (χ3n) is 10.3. The summed E-state index contributed by atoms with van der Waals surface area (Å²) >= 11 is 0. The number of hydrogen-bond acceptors (Lipinski definition) is 5. The first-order chi connectivity index (χ1) is 21.1. The monoisotopic (exact) mass is 632 g/mol. The van der Waals surface area contributed by atoms with E-state index in [0.29, 0.717) is 43.0 Å². The molecule has 2 aliphatic carbocycles. The van der Waals surface area contributed by atoms with Crippen LogP contribution >= 0.6 is 0 Å². The summed E-state index contributed by atoms with van der Waals surface area (Å²) in [6.45, 7) is 1.76. The Balaban J connectivity index is 1.18. The van der Waals surface area contributed by atoms with E-state index < -0.39 is 35.8 Å². The summed E-state index contributed by atoms with van der Waals surface area (Å²) in [5, 5.41) is 11.8. The van der Waals surface area contributed by atoms with Crippen LogP contribution in [0.25, 0.3) is 0 Å². The van der Waals surface area contributed by atoms with Gasteiger partial charge in [0.15, 0.2) is 0 Å². The third-order valence-corrected chi connectivity index (χ3v) is 10.3. The molecule has 7 nitrogen and oxygen atoms in total. The number of hydrogen-bond donors (Lipinski definition) is 1. The molecule has 3 heterocycles. The van der Waals surface area contributed by atoms with Crippen LogP contribution in [0.3, 0.4) is 0 Å². The zero-order chi connectivity index (χ0) is 32.0. The molecule has 0 radical (unpaired) electrons. The van der Waals surface area contributed by atoms with Gasteiger partial charge in [-0.3, -0.25) is 9.69 Å². The van der Waals surface area contributed by atoms with Crippen molar-refractivity contribution in [1.82, 2.24) is 25.0 Å². The molecule has 0 unspecified atom stereocenters. The van der Waals surface area contributed by atoms with Crippen LogP contribution in [-0.4, -0.2) is 56.9 Å². The fourth-order valence-corrected chi connectivity index (χ4v) is 8.13. The molecular formula is C32H34F6N6O. The Hall–Kier alpha value is -3.45. The van der Waals surface area contributed by atoms with Crippen LogP contribution in [-0.2, 0) is 31.7 Å². The number of alkyl halides is 6. The molecule has 1 saturated heterocycles. The minimum Gasteiger partial charge on any atom is -0.320 e. The number of anilines is 1. The number of aryl methyl sites for hydroxylation is 1. The predicted molar refractivity (Wildman–Crippen MR) is 153 cm³/mol. The highest BCUT2D eigenvalue weighted by atomic mass is 19.4. The molecule has 1 amide bonds. The van der Waals surface area contributed by atoms with Crippen molar-refractivity contribution in [3.05, 3.63) is 76.4 Å². The van der Waals surface area contributed by atoms with Gasteiger partial charge < -0.3 is 14.8 Å². The van der Waals surface area contributed by atoms with E-state index in [1.54, 1.807) is 36.1 Å². The van der Waals surface area contributed by atoms with Crippen molar-refractivity contribution in [3.63, 3.8) is 0 Å². The molecule has 4 aliphatic rings. The highest BCUT2D eigenvalue weighted by molar-refractivity contribution is 6.10. The van der Waals surface area contributed by atoms with Gasteiger partial charge in [-0.2, -0.15) is 26.3 Å². The normalized spacial score (nSPS) is 21.8. The van der Waals surface area contributed by atoms with Crippen molar-refractivity contribution in [2.75, 3.05) is 24.5 Å². The summed E-state index contributed by atoms with van der Waals surface area (Å²) in [4.78, 5) is 16.5. The number of carbonyl (C=O) groups excluding carboxylic acids is 1. The Bertz CT molecular complexity index is 1640. The van der Waals surface area contributed by atoms with E-state index in [0.717, 1.165) is 30.9 Å². The number of amides is 1. The fraction of sp³-hybridized carbons (Fsp3) is 0.531. The van der Waals surface area contributed by atoms with Crippen LogP contribution in [0, 0.1) is 5.41 Å². The number of nitrogens with zero attached hydrogens (tertiary/aromatic N) is 5. The number of halogens is 6. The van der Waals surface area contributed by atoms with Crippen molar-refractivity contribution in [3.8, 4) is 0 Å². The molecule has 45 heavy (non-hydrogen) atoms. The smallest absolute Gasteiger partial charge is 0.320 e. The molecule has 1 spiro atoms. The largest absolute Gasteiger partial charge is 0.416 e. The molecule has 0 bridgehead atoms. The molecular weight excluding hydrogens is 598 g/mol. The number of aromatic nitrogens is 3. The maximum Gasteiger partial charge on any atom is 0.416 e. The Morgan fingerprint density at radius 2 is 1.76 bits per heavy atom. The molecule has 1 aromatic heterocycles. The molecule has 1 N–H and O–H groups in total. The summed E-state index contributed by atoms with van der Waals surface area (Å²) in [5.41, 5.74) is -0.177. The second-order valence-electron chi connectivity index (χ2n) is 13.8. The second kappa shape index (κ2) is 10.0. The summed E-state index contributed by atoms with van der Waals surface area (Å²) in [5.74, 6) is 0.163. The molecule has 3 aromatic rings. The number of likely N-dealkylation sites (tertiary alicyclic amines) is 1. The average Bonchev–Trinajstić information content (AvgIpc) is 3.48. The van der Waals surface area contributed by atoms with E-state index >= 15 is 0 Å². The number of benzene rings is 2. The first-order valence-corrected chi connectivity index (χ1v) is 15.1. The van der Waals surface area contributed by atoms with Crippen molar-refractivity contribution >= 4 is 11.6 Å². The van der Waals surface area contributed by atoms with Gasteiger partial charge in [0.25, 0.3) is 5.91 Å². The van der Waals surface area contributed by atoms with Gasteiger partial charge in [0, 0.05) is 43.5 Å².